The molecule has 1 aromatic rings. The zero-order valence-corrected chi connectivity index (χ0v) is 17.9. The molecule has 27 heavy (non-hydrogen) atoms. The number of benzene rings is 1. The van der Waals surface area contributed by atoms with Crippen molar-refractivity contribution in [3.63, 3.8) is 0 Å². The molecule has 0 radical (unpaired) electrons. The van der Waals surface area contributed by atoms with Gasteiger partial charge in [0.2, 0.25) is 0 Å². The van der Waals surface area contributed by atoms with Crippen molar-refractivity contribution in [2.75, 3.05) is 13.1 Å². The van der Waals surface area contributed by atoms with Crippen molar-refractivity contribution in [3.05, 3.63) is 24.3 Å². The lowest BCUT2D eigenvalue weighted by atomic mass is 9.75. The molecule has 0 unspecified atom stereocenters. The summed E-state index contributed by atoms with van der Waals surface area (Å²) in [7, 11) is -3.91. The van der Waals surface area contributed by atoms with Gasteiger partial charge in [-0.05, 0) is 56.6 Å². The summed E-state index contributed by atoms with van der Waals surface area (Å²) in [4.78, 5) is 0.0849. The van der Waals surface area contributed by atoms with E-state index in [1.165, 1.54) is 0 Å². The maximum Gasteiger partial charge on any atom is 0.299 e. The van der Waals surface area contributed by atoms with Gasteiger partial charge in [-0.3, -0.25) is 9.19 Å². The molecule has 0 amide bonds. The fourth-order valence-corrected chi connectivity index (χ4v) is 4.91. The van der Waals surface area contributed by atoms with Gasteiger partial charge in [-0.2, -0.15) is 8.42 Å². The summed E-state index contributed by atoms with van der Waals surface area (Å²) in [6.07, 6.45) is 2.61. The summed E-state index contributed by atoms with van der Waals surface area (Å²) in [5, 5.41) is 10.1. The lowest BCUT2D eigenvalue weighted by Gasteiger charge is -2.36. The third-order valence-electron chi connectivity index (χ3n) is 5.36. The van der Waals surface area contributed by atoms with Crippen LogP contribution in [-0.4, -0.2) is 32.6 Å². The van der Waals surface area contributed by atoms with Crippen molar-refractivity contribution in [1.29, 1.82) is 0 Å². The first-order chi connectivity index (χ1) is 12.8. The molecule has 0 heterocycles. The predicted octanol–water partition coefficient (Wildman–Crippen LogP) is 5.19. The monoisotopic (exact) mass is 395 g/mol. The molecule has 7 heteroatoms. The maximum absolute atomic E-state index is 13.0. The van der Waals surface area contributed by atoms with E-state index in [0.29, 0.717) is 30.6 Å². The fourth-order valence-electron chi connectivity index (χ4n) is 3.65. The highest BCUT2D eigenvalue weighted by Crippen LogP contribution is 2.38. The second kappa shape index (κ2) is 9.64. The van der Waals surface area contributed by atoms with Crippen LogP contribution in [0.4, 0.5) is 5.69 Å². The minimum atomic E-state index is -3.91. The summed E-state index contributed by atoms with van der Waals surface area (Å²) >= 11 is 0. The van der Waals surface area contributed by atoms with Crippen molar-refractivity contribution < 1.29 is 12.6 Å². The van der Waals surface area contributed by atoms with Crippen LogP contribution in [0.25, 0.3) is 0 Å². The number of rotatable bonds is 8. The van der Waals surface area contributed by atoms with Crippen LogP contribution in [0.1, 0.15) is 53.9 Å². The Bertz CT molecular complexity index is 730. The molecule has 3 atom stereocenters. The fraction of sp³-hybridized carbons (Fsp3) is 0.700. The van der Waals surface area contributed by atoms with Crippen LogP contribution < -0.4 is 0 Å². The minimum absolute atomic E-state index is 0.0849. The largest absolute Gasteiger partial charge is 0.299 e. The van der Waals surface area contributed by atoms with Gasteiger partial charge in [0.05, 0.1) is 6.10 Å². The first kappa shape index (κ1) is 21.8. The lowest BCUT2D eigenvalue weighted by molar-refractivity contribution is 0.0512. The van der Waals surface area contributed by atoms with Gasteiger partial charge in [0, 0.05) is 13.1 Å². The van der Waals surface area contributed by atoms with E-state index in [1.807, 2.05) is 13.8 Å². The van der Waals surface area contributed by atoms with Gasteiger partial charge in [-0.25, -0.2) is 0 Å². The molecular formula is C20H33N3O3S. The summed E-state index contributed by atoms with van der Waals surface area (Å²) in [6, 6.07) is 6.65. The highest BCUT2D eigenvalue weighted by Gasteiger charge is 2.35. The molecule has 0 bridgehead atoms. The van der Waals surface area contributed by atoms with E-state index < -0.39 is 10.1 Å². The van der Waals surface area contributed by atoms with Gasteiger partial charge < -0.3 is 0 Å². The van der Waals surface area contributed by atoms with Crippen molar-refractivity contribution in [3.8, 4) is 0 Å². The molecule has 2 rings (SSSR count). The topological polar surface area (TPSA) is 71.3 Å². The summed E-state index contributed by atoms with van der Waals surface area (Å²) in [6.45, 7) is 11.8. The van der Waals surface area contributed by atoms with E-state index in [9.17, 15) is 8.42 Å². The second-order valence-corrected chi connectivity index (χ2v) is 9.25. The molecule has 0 aliphatic heterocycles. The van der Waals surface area contributed by atoms with Crippen LogP contribution >= 0.6 is 0 Å². The average Bonchev–Trinajstić information content (AvgIpc) is 2.62. The number of hydrogen-bond donors (Lipinski definition) is 0. The molecule has 152 valence electrons. The van der Waals surface area contributed by atoms with Gasteiger partial charge >= 0.3 is 0 Å². The first-order valence-electron chi connectivity index (χ1n) is 9.97. The van der Waals surface area contributed by atoms with Crippen molar-refractivity contribution in [2.24, 2.45) is 28.1 Å². The van der Waals surface area contributed by atoms with Crippen LogP contribution in [0.2, 0.25) is 0 Å². The Morgan fingerprint density at radius 2 is 1.85 bits per heavy atom. The minimum Gasteiger partial charge on any atom is -0.279 e. The van der Waals surface area contributed by atoms with Crippen LogP contribution in [0.5, 0.6) is 0 Å². The summed E-state index contributed by atoms with van der Waals surface area (Å²) in [5.74, 6) is 1.11. The van der Waals surface area contributed by atoms with Crippen LogP contribution in [0.15, 0.2) is 39.5 Å². The molecule has 6 nitrogen and oxygen atoms in total. The van der Waals surface area contributed by atoms with Crippen LogP contribution in [-0.2, 0) is 14.3 Å². The zero-order chi connectivity index (χ0) is 20.0. The van der Waals surface area contributed by atoms with E-state index in [4.69, 9.17) is 4.18 Å². The molecule has 1 fully saturated rings. The average molecular weight is 396 g/mol. The quantitative estimate of drug-likeness (QED) is 0.345. The lowest BCUT2D eigenvalue weighted by Crippen LogP contribution is -2.35. The normalized spacial score (nSPS) is 23.9. The Balaban J connectivity index is 2.28. The standard InChI is InChI=1S/C20H33N3O3S/c1-6-23(7-2)22-21-18-10-8-9-11-20(18)27(24,25)26-19-14-16(5)12-13-17(19)15(3)4/h8-11,15-17,19H,6-7,12-14H2,1-5H3/t16-,17+,19-/m1/s1. The highest BCUT2D eigenvalue weighted by molar-refractivity contribution is 7.87. The molecule has 1 aliphatic rings. The molecule has 1 saturated carbocycles. The Labute approximate surface area is 164 Å². The summed E-state index contributed by atoms with van der Waals surface area (Å²) < 4.78 is 31.9. The number of nitrogens with zero attached hydrogens (tertiary/aromatic N) is 3. The molecular weight excluding hydrogens is 362 g/mol. The van der Waals surface area contributed by atoms with Crippen molar-refractivity contribution in [1.82, 2.24) is 5.01 Å². The van der Waals surface area contributed by atoms with Gasteiger partial charge in [0.15, 0.2) is 0 Å². The van der Waals surface area contributed by atoms with Crippen molar-refractivity contribution in [2.45, 2.75) is 64.9 Å². The third-order valence-corrected chi connectivity index (χ3v) is 6.74. The molecule has 0 spiro atoms. The predicted molar refractivity (Wildman–Crippen MR) is 107 cm³/mol. The molecule has 0 saturated heterocycles. The molecule has 1 aliphatic carbocycles. The van der Waals surface area contributed by atoms with Gasteiger partial charge in [0.25, 0.3) is 10.1 Å². The van der Waals surface area contributed by atoms with E-state index in [1.54, 1.807) is 29.3 Å². The van der Waals surface area contributed by atoms with Gasteiger partial charge in [0.1, 0.15) is 10.6 Å². The molecule has 0 aromatic heterocycles. The number of hydrogen-bond acceptors (Lipinski definition) is 5. The van der Waals surface area contributed by atoms with E-state index in [-0.39, 0.29) is 16.9 Å². The molecule has 1 aromatic carbocycles. The zero-order valence-electron chi connectivity index (χ0n) is 17.1. The Hall–Kier alpha value is -1.47. The molecule has 0 N–H and O–H groups in total. The smallest absolute Gasteiger partial charge is 0.279 e. The van der Waals surface area contributed by atoms with Crippen LogP contribution in [0, 0.1) is 17.8 Å². The van der Waals surface area contributed by atoms with Crippen LogP contribution in [0.3, 0.4) is 0 Å². The van der Waals surface area contributed by atoms with Crippen molar-refractivity contribution >= 4 is 15.8 Å². The van der Waals surface area contributed by atoms with E-state index in [0.717, 1.165) is 19.3 Å². The highest BCUT2D eigenvalue weighted by atomic mass is 32.2. The van der Waals surface area contributed by atoms with E-state index in [2.05, 4.69) is 31.1 Å². The Morgan fingerprint density at radius 1 is 1.19 bits per heavy atom. The van der Waals surface area contributed by atoms with Gasteiger partial charge in [-0.15, -0.1) is 5.11 Å². The Morgan fingerprint density at radius 3 is 2.48 bits per heavy atom. The Kier molecular flexibility index (Phi) is 7.79. The first-order valence-corrected chi connectivity index (χ1v) is 11.4. The second-order valence-electron chi connectivity index (χ2n) is 7.71. The SMILES string of the molecule is CCN(CC)N=Nc1ccccc1S(=O)(=O)O[C@@H]1C[C@H](C)CC[C@H]1C(C)C. The van der Waals surface area contributed by atoms with Gasteiger partial charge in [-0.1, -0.05) is 44.5 Å². The third kappa shape index (κ3) is 5.75. The van der Waals surface area contributed by atoms with E-state index >= 15 is 0 Å². The summed E-state index contributed by atoms with van der Waals surface area (Å²) in [5.41, 5.74) is 0.314. The maximum atomic E-state index is 13.0.